The molecule has 2 N–H and O–H groups in total. The molecular weight excluding hydrogens is 294 g/mol. The number of allylic oxidation sites excluding steroid dienone is 1. The fourth-order valence-electron chi connectivity index (χ4n) is 2.39. The van der Waals surface area contributed by atoms with Crippen LogP contribution in [-0.4, -0.2) is 29.4 Å². The van der Waals surface area contributed by atoms with Crippen molar-refractivity contribution >= 4 is 17.7 Å². The number of amides is 1. The van der Waals surface area contributed by atoms with E-state index in [0.717, 1.165) is 29.1 Å². The molecule has 1 aromatic carbocycles. The van der Waals surface area contributed by atoms with E-state index in [2.05, 4.69) is 25.2 Å². The summed E-state index contributed by atoms with van der Waals surface area (Å²) >= 11 is 1.68. The van der Waals surface area contributed by atoms with E-state index in [-0.39, 0.29) is 18.6 Å². The van der Waals surface area contributed by atoms with Gasteiger partial charge in [-0.15, -0.1) is 11.8 Å². The minimum Gasteiger partial charge on any atom is -0.396 e. The number of hydrogen-bond acceptors (Lipinski definition) is 3. The maximum absolute atomic E-state index is 12.6. The highest BCUT2D eigenvalue weighted by Crippen LogP contribution is 2.34. The number of hydrogen-bond donors (Lipinski definition) is 2. The highest BCUT2D eigenvalue weighted by molar-refractivity contribution is 7.99. The third-order valence-electron chi connectivity index (χ3n) is 3.81. The van der Waals surface area contributed by atoms with Crippen LogP contribution >= 0.6 is 11.8 Å². The molecule has 0 aromatic heterocycles. The molecule has 1 aliphatic carbocycles. The zero-order chi connectivity index (χ0) is 15.9. The van der Waals surface area contributed by atoms with Gasteiger partial charge in [-0.2, -0.15) is 0 Å². The van der Waals surface area contributed by atoms with Crippen molar-refractivity contribution in [1.82, 2.24) is 5.32 Å². The SMILES string of the molecule is CC(C)=CCSc1ccccc1C(=O)NC(CCO)C1CC1. The number of aliphatic hydroxyl groups excluding tert-OH is 1. The second kappa shape index (κ2) is 8.39. The van der Waals surface area contributed by atoms with E-state index in [9.17, 15) is 4.79 Å². The largest absolute Gasteiger partial charge is 0.396 e. The lowest BCUT2D eigenvalue weighted by Gasteiger charge is -2.18. The Morgan fingerprint density at radius 1 is 1.41 bits per heavy atom. The first-order chi connectivity index (χ1) is 10.6. The molecule has 0 saturated heterocycles. The summed E-state index contributed by atoms with van der Waals surface area (Å²) in [4.78, 5) is 13.6. The van der Waals surface area contributed by atoms with Crippen molar-refractivity contribution in [1.29, 1.82) is 0 Å². The maximum atomic E-state index is 12.6. The third kappa shape index (κ3) is 5.18. The molecule has 22 heavy (non-hydrogen) atoms. The molecule has 0 spiro atoms. The predicted molar refractivity (Wildman–Crippen MR) is 92.3 cm³/mol. The van der Waals surface area contributed by atoms with Gasteiger partial charge in [0.25, 0.3) is 5.91 Å². The van der Waals surface area contributed by atoms with Crippen LogP contribution in [0, 0.1) is 5.92 Å². The first-order valence-corrected chi connectivity index (χ1v) is 8.87. The van der Waals surface area contributed by atoms with Gasteiger partial charge >= 0.3 is 0 Å². The number of nitrogens with one attached hydrogen (secondary N) is 1. The predicted octanol–water partition coefficient (Wildman–Crippen LogP) is 3.64. The van der Waals surface area contributed by atoms with Crippen LogP contribution in [0.1, 0.15) is 43.5 Å². The van der Waals surface area contributed by atoms with Crippen LogP contribution in [0.2, 0.25) is 0 Å². The number of thioether (sulfide) groups is 1. The van der Waals surface area contributed by atoms with Crippen molar-refractivity contribution in [2.24, 2.45) is 5.92 Å². The molecular formula is C18H25NO2S. The Bertz CT molecular complexity index is 534. The zero-order valence-electron chi connectivity index (χ0n) is 13.3. The lowest BCUT2D eigenvalue weighted by Crippen LogP contribution is -2.37. The molecule has 0 radical (unpaired) electrons. The number of carbonyl (C=O) groups is 1. The quantitative estimate of drug-likeness (QED) is 0.568. The average molecular weight is 319 g/mol. The van der Waals surface area contributed by atoms with Crippen LogP contribution in [0.4, 0.5) is 0 Å². The molecule has 1 aliphatic rings. The van der Waals surface area contributed by atoms with E-state index in [1.165, 1.54) is 5.57 Å². The highest BCUT2D eigenvalue weighted by atomic mass is 32.2. The topological polar surface area (TPSA) is 49.3 Å². The highest BCUT2D eigenvalue weighted by Gasteiger charge is 2.32. The van der Waals surface area contributed by atoms with Crippen molar-refractivity contribution in [2.75, 3.05) is 12.4 Å². The first-order valence-electron chi connectivity index (χ1n) is 7.88. The molecule has 3 nitrogen and oxygen atoms in total. The molecule has 1 atom stereocenters. The normalized spacial score (nSPS) is 15.2. The number of aliphatic hydroxyl groups is 1. The van der Waals surface area contributed by atoms with Gasteiger partial charge in [-0.05, 0) is 51.2 Å². The molecule has 1 unspecified atom stereocenters. The third-order valence-corrected chi connectivity index (χ3v) is 4.81. The van der Waals surface area contributed by atoms with Crippen molar-refractivity contribution in [3.8, 4) is 0 Å². The van der Waals surface area contributed by atoms with Crippen molar-refractivity contribution in [3.63, 3.8) is 0 Å². The lowest BCUT2D eigenvalue weighted by molar-refractivity contribution is 0.0921. The summed E-state index contributed by atoms with van der Waals surface area (Å²) in [5.41, 5.74) is 2.02. The number of benzene rings is 1. The van der Waals surface area contributed by atoms with E-state index in [0.29, 0.717) is 12.3 Å². The van der Waals surface area contributed by atoms with Crippen molar-refractivity contribution in [2.45, 2.75) is 44.0 Å². The molecule has 1 amide bonds. The Labute approximate surface area is 137 Å². The number of carbonyl (C=O) groups excluding carboxylic acids is 1. The smallest absolute Gasteiger partial charge is 0.252 e. The summed E-state index contributed by atoms with van der Waals surface area (Å²) in [5.74, 6) is 1.39. The van der Waals surface area contributed by atoms with E-state index in [1.54, 1.807) is 11.8 Å². The monoisotopic (exact) mass is 319 g/mol. The standard InChI is InChI=1S/C18H25NO2S/c1-13(2)10-12-22-17-6-4-3-5-15(17)18(21)19-16(9-11-20)14-7-8-14/h3-6,10,14,16,20H,7-9,11-12H2,1-2H3,(H,19,21). The van der Waals surface area contributed by atoms with E-state index in [1.807, 2.05) is 24.3 Å². The maximum Gasteiger partial charge on any atom is 0.252 e. The van der Waals surface area contributed by atoms with Gasteiger partial charge in [0.05, 0.1) is 5.56 Å². The van der Waals surface area contributed by atoms with Crippen LogP contribution in [0.5, 0.6) is 0 Å². The Morgan fingerprint density at radius 3 is 2.77 bits per heavy atom. The second-order valence-corrected chi connectivity index (χ2v) is 7.08. The Balaban J connectivity index is 2.03. The molecule has 0 bridgehead atoms. The molecule has 1 saturated carbocycles. The Morgan fingerprint density at radius 2 is 2.14 bits per heavy atom. The van der Waals surface area contributed by atoms with Gasteiger partial charge < -0.3 is 10.4 Å². The van der Waals surface area contributed by atoms with Crippen LogP contribution in [-0.2, 0) is 0 Å². The van der Waals surface area contributed by atoms with Crippen LogP contribution in [0.3, 0.4) is 0 Å². The van der Waals surface area contributed by atoms with Crippen molar-refractivity contribution in [3.05, 3.63) is 41.5 Å². The minimum absolute atomic E-state index is 0.0225. The summed E-state index contributed by atoms with van der Waals surface area (Å²) in [6, 6.07) is 7.85. The number of rotatable bonds is 8. The van der Waals surface area contributed by atoms with Gasteiger partial charge in [0.15, 0.2) is 0 Å². The fraction of sp³-hybridized carbons (Fsp3) is 0.500. The lowest BCUT2D eigenvalue weighted by atomic mass is 10.1. The van der Waals surface area contributed by atoms with E-state index < -0.39 is 0 Å². The van der Waals surface area contributed by atoms with E-state index in [4.69, 9.17) is 5.11 Å². The van der Waals surface area contributed by atoms with Crippen LogP contribution < -0.4 is 5.32 Å². The molecule has 120 valence electrons. The molecule has 4 heteroatoms. The second-order valence-electron chi connectivity index (χ2n) is 6.02. The van der Waals surface area contributed by atoms with Gasteiger partial charge in [0.2, 0.25) is 0 Å². The summed E-state index contributed by atoms with van der Waals surface area (Å²) in [6.07, 6.45) is 5.12. The summed E-state index contributed by atoms with van der Waals surface area (Å²) in [6.45, 7) is 4.28. The Hall–Kier alpha value is -1.26. The molecule has 0 aliphatic heterocycles. The minimum atomic E-state index is -0.0225. The van der Waals surface area contributed by atoms with Gasteiger partial charge in [0.1, 0.15) is 0 Å². The molecule has 2 rings (SSSR count). The summed E-state index contributed by atoms with van der Waals surface area (Å²) in [5, 5.41) is 12.3. The van der Waals surface area contributed by atoms with Crippen LogP contribution in [0.25, 0.3) is 0 Å². The molecule has 1 fully saturated rings. The molecule has 1 aromatic rings. The van der Waals surface area contributed by atoms with Crippen molar-refractivity contribution < 1.29 is 9.90 Å². The summed E-state index contributed by atoms with van der Waals surface area (Å²) < 4.78 is 0. The molecule has 0 heterocycles. The fourth-order valence-corrected chi connectivity index (χ4v) is 3.48. The summed E-state index contributed by atoms with van der Waals surface area (Å²) in [7, 11) is 0. The Kier molecular flexibility index (Phi) is 6.52. The van der Waals surface area contributed by atoms with Gasteiger partial charge in [-0.1, -0.05) is 23.8 Å². The first kappa shape index (κ1) is 17.1. The average Bonchev–Trinajstić information content (AvgIpc) is 3.31. The van der Waals surface area contributed by atoms with Gasteiger partial charge in [-0.3, -0.25) is 4.79 Å². The van der Waals surface area contributed by atoms with E-state index >= 15 is 0 Å². The van der Waals surface area contributed by atoms with Gasteiger partial charge in [0, 0.05) is 23.3 Å². The zero-order valence-corrected chi connectivity index (χ0v) is 14.2. The van der Waals surface area contributed by atoms with Crippen LogP contribution in [0.15, 0.2) is 40.8 Å². The van der Waals surface area contributed by atoms with Gasteiger partial charge in [-0.25, -0.2) is 0 Å².